The first kappa shape index (κ1) is 11.1. The Balaban J connectivity index is 2.65. The summed E-state index contributed by atoms with van der Waals surface area (Å²) in [6.45, 7) is 6.85. The van der Waals surface area contributed by atoms with E-state index in [1.54, 1.807) is 0 Å². The molecule has 5 nitrogen and oxygen atoms in total. The van der Waals surface area contributed by atoms with E-state index in [0.717, 1.165) is 6.42 Å². The van der Waals surface area contributed by atoms with Crippen LogP contribution in [0.4, 0.5) is 0 Å². The normalized spacial score (nSPS) is 11.1. The highest BCUT2D eigenvalue weighted by molar-refractivity contribution is 4.86. The Kier molecular flexibility index (Phi) is 4.55. The standard InChI is InChI=1S/C9H16N2O3/c1-4-7-10-8(14-11-7)9(12-5-2)13-6-3/h9H,4-6H2,1-3H3. The van der Waals surface area contributed by atoms with Crippen LogP contribution in [-0.4, -0.2) is 23.4 Å². The molecule has 0 aliphatic heterocycles. The Hall–Kier alpha value is -0.940. The topological polar surface area (TPSA) is 57.4 Å². The van der Waals surface area contributed by atoms with Crippen molar-refractivity contribution >= 4 is 0 Å². The van der Waals surface area contributed by atoms with Crippen molar-refractivity contribution < 1.29 is 14.0 Å². The van der Waals surface area contributed by atoms with Gasteiger partial charge in [0, 0.05) is 19.6 Å². The molecule has 0 amide bonds. The average Bonchev–Trinajstić information content (AvgIpc) is 2.65. The third-order valence-electron chi connectivity index (χ3n) is 1.64. The van der Waals surface area contributed by atoms with Crippen LogP contribution in [0.5, 0.6) is 0 Å². The number of rotatable bonds is 6. The van der Waals surface area contributed by atoms with Gasteiger partial charge < -0.3 is 14.0 Å². The summed E-state index contributed by atoms with van der Waals surface area (Å²) in [4.78, 5) is 4.14. The lowest BCUT2D eigenvalue weighted by atomic mass is 10.5. The maximum atomic E-state index is 5.31. The molecule has 0 bridgehead atoms. The van der Waals surface area contributed by atoms with E-state index in [1.165, 1.54) is 0 Å². The van der Waals surface area contributed by atoms with Gasteiger partial charge >= 0.3 is 0 Å². The van der Waals surface area contributed by atoms with Crippen molar-refractivity contribution in [3.8, 4) is 0 Å². The van der Waals surface area contributed by atoms with Gasteiger partial charge in [-0.3, -0.25) is 0 Å². The molecule has 0 spiro atoms. The van der Waals surface area contributed by atoms with Gasteiger partial charge in [-0.15, -0.1) is 0 Å². The summed E-state index contributed by atoms with van der Waals surface area (Å²) < 4.78 is 15.6. The fraction of sp³-hybridized carbons (Fsp3) is 0.778. The molecule has 0 fully saturated rings. The molecule has 0 radical (unpaired) electrons. The van der Waals surface area contributed by atoms with Crippen molar-refractivity contribution in [3.05, 3.63) is 11.7 Å². The van der Waals surface area contributed by atoms with Crippen molar-refractivity contribution in [2.24, 2.45) is 0 Å². The van der Waals surface area contributed by atoms with Crippen molar-refractivity contribution in [2.75, 3.05) is 13.2 Å². The second kappa shape index (κ2) is 5.72. The fourth-order valence-electron chi connectivity index (χ4n) is 1.00. The SMILES string of the molecule is CCOC(OCC)c1nc(CC)no1. The van der Waals surface area contributed by atoms with E-state index in [-0.39, 0.29) is 0 Å². The highest BCUT2D eigenvalue weighted by atomic mass is 16.7. The van der Waals surface area contributed by atoms with Crippen LogP contribution in [0.15, 0.2) is 4.52 Å². The first-order chi connectivity index (χ1) is 6.81. The Morgan fingerprint density at radius 1 is 1.21 bits per heavy atom. The molecular formula is C9H16N2O3. The quantitative estimate of drug-likeness (QED) is 0.654. The molecule has 0 saturated carbocycles. The van der Waals surface area contributed by atoms with Crippen LogP contribution in [0, 0.1) is 0 Å². The van der Waals surface area contributed by atoms with E-state index in [2.05, 4.69) is 10.1 Å². The van der Waals surface area contributed by atoms with Gasteiger partial charge in [-0.1, -0.05) is 12.1 Å². The van der Waals surface area contributed by atoms with Gasteiger partial charge in [0.1, 0.15) is 0 Å². The highest BCUT2D eigenvalue weighted by Gasteiger charge is 2.18. The second-order valence-corrected chi connectivity index (χ2v) is 2.65. The van der Waals surface area contributed by atoms with Crippen molar-refractivity contribution in [1.82, 2.24) is 10.1 Å². The Morgan fingerprint density at radius 2 is 1.86 bits per heavy atom. The predicted molar refractivity (Wildman–Crippen MR) is 49.7 cm³/mol. The zero-order chi connectivity index (χ0) is 10.4. The molecule has 0 saturated heterocycles. The Morgan fingerprint density at radius 3 is 2.29 bits per heavy atom. The number of nitrogens with zero attached hydrogens (tertiary/aromatic N) is 2. The molecule has 1 heterocycles. The Labute approximate surface area is 83.4 Å². The molecule has 80 valence electrons. The number of aromatic nitrogens is 2. The van der Waals surface area contributed by atoms with E-state index in [0.29, 0.717) is 24.9 Å². The van der Waals surface area contributed by atoms with Gasteiger partial charge in [-0.05, 0) is 13.8 Å². The number of hydrogen-bond acceptors (Lipinski definition) is 5. The van der Waals surface area contributed by atoms with Crippen molar-refractivity contribution in [1.29, 1.82) is 0 Å². The van der Waals surface area contributed by atoms with Crippen molar-refractivity contribution in [3.63, 3.8) is 0 Å². The van der Waals surface area contributed by atoms with Gasteiger partial charge in [-0.25, -0.2) is 0 Å². The number of ether oxygens (including phenoxy) is 2. The second-order valence-electron chi connectivity index (χ2n) is 2.65. The molecule has 14 heavy (non-hydrogen) atoms. The summed E-state index contributed by atoms with van der Waals surface area (Å²) >= 11 is 0. The lowest BCUT2D eigenvalue weighted by Gasteiger charge is -2.11. The first-order valence-electron chi connectivity index (χ1n) is 4.87. The van der Waals surface area contributed by atoms with Crippen LogP contribution in [0.2, 0.25) is 0 Å². The van der Waals surface area contributed by atoms with Gasteiger partial charge in [0.05, 0.1) is 0 Å². The van der Waals surface area contributed by atoms with Crippen LogP contribution in [0.3, 0.4) is 0 Å². The minimum atomic E-state index is -0.530. The largest absolute Gasteiger partial charge is 0.345 e. The van der Waals surface area contributed by atoms with Gasteiger partial charge in [0.15, 0.2) is 5.82 Å². The molecule has 0 unspecified atom stereocenters. The van der Waals surface area contributed by atoms with Crippen LogP contribution in [0.1, 0.15) is 38.8 Å². The molecule has 0 aliphatic carbocycles. The molecule has 1 aromatic rings. The third kappa shape index (κ3) is 2.78. The molecule has 0 N–H and O–H groups in total. The first-order valence-corrected chi connectivity index (χ1v) is 4.87. The molecule has 0 aliphatic rings. The zero-order valence-electron chi connectivity index (χ0n) is 8.82. The van der Waals surface area contributed by atoms with E-state index in [9.17, 15) is 0 Å². The molecule has 5 heteroatoms. The van der Waals surface area contributed by atoms with Crippen LogP contribution < -0.4 is 0 Å². The highest BCUT2D eigenvalue weighted by Crippen LogP contribution is 2.16. The molecule has 0 atom stereocenters. The summed E-state index contributed by atoms with van der Waals surface area (Å²) in [7, 11) is 0. The summed E-state index contributed by atoms with van der Waals surface area (Å²) in [5.41, 5.74) is 0. The van der Waals surface area contributed by atoms with E-state index in [1.807, 2.05) is 20.8 Å². The lowest BCUT2D eigenvalue weighted by Crippen LogP contribution is -2.09. The van der Waals surface area contributed by atoms with Crippen LogP contribution in [-0.2, 0) is 15.9 Å². The summed E-state index contributed by atoms with van der Waals surface area (Å²) in [5, 5.41) is 3.77. The molecule has 1 rings (SSSR count). The van der Waals surface area contributed by atoms with E-state index in [4.69, 9.17) is 14.0 Å². The van der Waals surface area contributed by atoms with Crippen LogP contribution >= 0.6 is 0 Å². The van der Waals surface area contributed by atoms with Crippen molar-refractivity contribution in [2.45, 2.75) is 33.5 Å². The molecular weight excluding hydrogens is 184 g/mol. The van der Waals surface area contributed by atoms with Gasteiger partial charge in [-0.2, -0.15) is 4.98 Å². The van der Waals surface area contributed by atoms with Gasteiger partial charge in [0.2, 0.25) is 6.29 Å². The summed E-state index contributed by atoms with van der Waals surface area (Å²) in [6.07, 6.45) is 0.215. The number of aryl methyl sites for hydroxylation is 1. The predicted octanol–water partition coefficient (Wildman–Crippen LogP) is 1.70. The fourth-order valence-corrected chi connectivity index (χ4v) is 1.00. The number of hydrogen-bond donors (Lipinski definition) is 0. The summed E-state index contributed by atoms with van der Waals surface area (Å²) in [6, 6.07) is 0. The zero-order valence-corrected chi connectivity index (χ0v) is 8.82. The maximum absolute atomic E-state index is 5.31. The Bertz CT molecular complexity index is 256. The van der Waals surface area contributed by atoms with E-state index >= 15 is 0 Å². The van der Waals surface area contributed by atoms with Crippen LogP contribution in [0.25, 0.3) is 0 Å². The smallest absolute Gasteiger partial charge is 0.283 e. The minimum Gasteiger partial charge on any atom is -0.345 e. The lowest BCUT2D eigenvalue weighted by molar-refractivity contribution is -0.155. The average molecular weight is 200 g/mol. The third-order valence-corrected chi connectivity index (χ3v) is 1.64. The molecule has 0 aromatic carbocycles. The molecule has 1 aromatic heterocycles. The summed E-state index contributed by atoms with van der Waals surface area (Å²) in [5.74, 6) is 1.06. The minimum absolute atomic E-state index is 0.394. The monoisotopic (exact) mass is 200 g/mol. The van der Waals surface area contributed by atoms with Gasteiger partial charge in [0.25, 0.3) is 5.89 Å². The maximum Gasteiger partial charge on any atom is 0.283 e. The van der Waals surface area contributed by atoms with E-state index < -0.39 is 6.29 Å².